The fraction of sp³-hybridized carbons (Fsp3) is 0.455. The molecule has 84 valence electrons. The van der Waals surface area contributed by atoms with E-state index in [1.807, 2.05) is 6.92 Å². The third kappa shape index (κ3) is 3.16. The third-order valence-corrected chi connectivity index (χ3v) is 2.35. The second kappa shape index (κ2) is 5.07. The van der Waals surface area contributed by atoms with Crippen molar-refractivity contribution in [2.75, 3.05) is 18.5 Å². The highest BCUT2D eigenvalue weighted by molar-refractivity contribution is 5.50. The molecule has 0 spiro atoms. The molecule has 0 aliphatic heterocycles. The number of benzene rings is 1. The zero-order chi connectivity index (χ0) is 11.4. The van der Waals surface area contributed by atoms with E-state index in [0.29, 0.717) is 0 Å². The molecule has 0 radical (unpaired) electrons. The highest BCUT2D eigenvalue weighted by Crippen LogP contribution is 2.18. The van der Waals surface area contributed by atoms with Crippen LogP contribution in [-0.2, 0) is 6.61 Å². The summed E-state index contributed by atoms with van der Waals surface area (Å²) >= 11 is 0. The summed E-state index contributed by atoms with van der Waals surface area (Å²) in [5.41, 5.74) is 2.48. The molecule has 1 aromatic carbocycles. The van der Waals surface area contributed by atoms with Crippen molar-refractivity contribution in [3.63, 3.8) is 0 Å². The minimum absolute atomic E-state index is 0.0231. The SMILES string of the molecule is Cc1cc(N(C)CC(F)F)ccc1CO. The summed E-state index contributed by atoms with van der Waals surface area (Å²) in [6, 6.07) is 5.29. The molecule has 0 saturated heterocycles. The van der Waals surface area contributed by atoms with Gasteiger partial charge in [-0.1, -0.05) is 6.07 Å². The van der Waals surface area contributed by atoms with Crippen molar-refractivity contribution in [3.8, 4) is 0 Å². The lowest BCUT2D eigenvalue weighted by atomic mass is 10.1. The Labute approximate surface area is 88.1 Å². The van der Waals surface area contributed by atoms with Crippen molar-refractivity contribution in [1.82, 2.24) is 0 Å². The second-order valence-corrected chi connectivity index (χ2v) is 3.54. The summed E-state index contributed by atoms with van der Waals surface area (Å²) in [5, 5.41) is 8.96. The number of hydrogen-bond acceptors (Lipinski definition) is 2. The Hall–Kier alpha value is -1.16. The molecular formula is C11H15F2NO. The third-order valence-electron chi connectivity index (χ3n) is 2.35. The summed E-state index contributed by atoms with van der Waals surface area (Å²) in [6.07, 6.45) is -2.34. The van der Waals surface area contributed by atoms with E-state index in [1.165, 1.54) is 4.90 Å². The maximum Gasteiger partial charge on any atom is 0.255 e. The van der Waals surface area contributed by atoms with Crippen molar-refractivity contribution in [2.45, 2.75) is 20.0 Å². The van der Waals surface area contributed by atoms with Crippen LogP contribution < -0.4 is 4.90 Å². The first-order valence-corrected chi connectivity index (χ1v) is 4.74. The van der Waals surface area contributed by atoms with Crippen LogP contribution in [0.5, 0.6) is 0 Å². The molecule has 0 bridgehead atoms. The molecule has 15 heavy (non-hydrogen) atoms. The molecule has 0 heterocycles. The lowest BCUT2D eigenvalue weighted by Gasteiger charge is -2.19. The normalized spacial score (nSPS) is 10.8. The summed E-state index contributed by atoms with van der Waals surface area (Å²) < 4.78 is 24.3. The van der Waals surface area contributed by atoms with E-state index in [4.69, 9.17) is 5.11 Å². The highest BCUT2D eigenvalue weighted by Gasteiger charge is 2.09. The topological polar surface area (TPSA) is 23.5 Å². The fourth-order valence-corrected chi connectivity index (χ4v) is 1.41. The van der Waals surface area contributed by atoms with E-state index in [1.54, 1.807) is 25.2 Å². The Bertz CT molecular complexity index is 328. The number of aryl methyl sites for hydroxylation is 1. The molecule has 0 aromatic heterocycles. The van der Waals surface area contributed by atoms with Gasteiger partial charge in [0, 0.05) is 12.7 Å². The first-order valence-electron chi connectivity index (χ1n) is 4.74. The number of hydrogen-bond donors (Lipinski definition) is 1. The molecule has 1 N–H and O–H groups in total. The van der Waals surface area contributed by atoms with Crippen LogP contribution >= 0.6 is 0 Å². The molecule has 0 aliphatic rings. The Morgan fingerprint density at radius 2 is 2.07 bits per heavy atom. The Morgan fingerprint density at radius 3 is 2.53 bits per heavy atom. The number of aliphatic hydroxyl groups excluding tert-OH is 1. The van der Waals surface area contributed by atoms with Gasteiger partial charge in [-0.25, -0.2) is 8.78 Å². The second-order valence-electron chi connectivity index (χ2n) is 3.54. The predicted octanol–water partition coefficient (Wildman–Crippen LogP) is 2.19. The van der Waals surface area contributed by atoms with Crippen LogP contribution in [0.4, 0.5) is 14.5 Å². The lowest BCUT2D eigenvalue weighted by Crippen LogP contribution is -2.24. The number of aliphatic hydroxyl groups is 1. The van der Waals surface area contributed by atoms with Gasteiger partial charge in [0.15, 0.2) is 0 Å². The van der Waals surface area contributed by atoms with Gasteiger partial charge in [-0.15, -0.1) is 0 Å². The van der Waals surface area contributed by atoms with Crippen LogP contribution in [0.1, 0.15) is 11.1 Å². The van der Waals surface area contributed by atoms with Crippen LogP contribution in [0, 0.1) is 6.92 Å². The molecule has 0 aliphatic carbocycles. The van der Waals surface area contributed by atoms with Crippen LogP contribution in [0.25, 0.3) is 0 Å². The summed E-state index contributed by atoms with van der Waals surface area (Å²) in [5.74, 6) is 0. The van der Waals surface area contributed by atoms with E-state index in [2.05, 4.69) is 0 Å². The lowest BCUT2D eigenvalue weighted by molar-refractivity contribution is 0.156. The van der Waals surface area contributed by atoms with Gasteiger partial charge < -0.3 is 10.0 Å². The maximum atomic E-state index is 12.1. The van der Waals surface area contributed by atoms with Gasteiger partial charge in [-0.2, -0.15) is 0 Å². The van der Waals surface area contributed by atoms with E-state index in [9.17, 15) is 8.78 Å². The van der Waals surface area contributed by atoms with Gasteiger partial charge in [0.25, 0.3) is 6.43 Å². The first kappa shape index (κ1) is 11.9. The number of rotatable bonds is 4. The molecule has 1 aromatic rings. The van der Waals surface area contributed by atoms with Crippen molar-refractivity contribution >= 4 is 5.69 Å². The average molecular weight is 215 g/mol. The van der Waals surface area contributed by atoms with Crippen LogP contribution in [-0.4, -0.2) is 25.1 Å². The quantitative estimate of drug-likeness (QED) is 0.832. The summed E-state index contributed by atoms with van der Waals surface area (Å²) in [6.45, 7) is 1.55. The zero-order valence-electron chi connectivity index (χ0n) is 8.87. The maximum absolute atomic E-state index is 12.1. The highest BCUT2D eigenvalue weighted by atomic mass is 19.3. The fourth-order valence-electron chi connectivity index (χ4n) is 1.41. The molecule has 0 atom stereocenters. The summed E-state index contributed by atoms with van der Waals surface area (Å²) in [7, 11) is 1.62. The van der Waals surface area contributed by atoms with Crippen LogP contribution in [0.3, 0.4) is 0 Å². The largest absolute Gasteiger partial charge is 0.392 e. The van der Waals surface area contributed by atoms with Gasteiger partial charge in [0.05, 0.1) is 13.2 Å². The standard InChI is InChI=1S/C11H15F2NO/c1-8-5-10(4-3-9(8)7-15)14(2)6-11(12)13/h3-5,11,15H,6-7H2,1-2H3. The van der Waals surface area contributed by atoms with E-state index < -0.39 is 6.43 Å². The minimum atomic E-state index is -2.34. The molecule has 0 unspecified atom stereocenters. The van der Waals surface area contributed by atoms with Gasteiger partial charge in [-0.3, -0.25) is 0 Å². The molecule has 4 heteroatoms. The predicted molar refractivity (Wildman–Crippen MR) is 56.4 cm³/mol. The van der Waals surface area contributed by atoms with Crippen LogP contribution in [0.2, 0.25) is 0 Å². The molecule has 0 fully saturated rings. The van der Waals surface area contributed by atoms with Crippen LogP contribution in [0.15, 0.2) is 18.2 Å². The number of halogens is 2. The molecule has 0 saturated carbocycles. The number of anilines is 1. The minimum Gasteiger partial charge on any atom is -0.392 e. The summed E-state index contributed by atoms with van der Waals surface area (Å²) in [4.78, 5) is 1.50. The van der Waals surface area contributed by atoms with Crippen molar-refractivity contribution in [2.24, 2.45) is 0 Å². The first-order chi connectivity index (χ1) is 7.04. The molecular weight excluding hydrogens is 200 g/mol. The Balaban J connectivity index is 2.82. The molecule has 0 amide bonds. The average Bonchev–Trinajstić information content (AvgIpc) is 2.16. The number of alkyl halides is 2. The zero-order valence-corrected chi connectivity index (χ0v) is 8.87. The monoisotopic (exact) mass is 215 g/mol. The van der Waals surface area contributed by atoms with Gasteiger partial charge >= 0.3 is 0 Å². The van der Waals surface area contributed by atoms with E-state index in [-0.39, 0.29) is 13.2 Å². The van der Waals surface area contributed by atoms with Crippen molar-refractivity contribution in [3.05, 3.63) is 29.3 Å². The van der Waals surface area contributed by atoms with E-state index >= 15 is 0 Å². The van der Waals surface area contributed by atoms with Gasteiger partial charge in [-0.05, 0) is 30.2 Å². The smallest absolute Gasteiger partial charge is 0.255 e. The Morgan fingerprint density at radius 1 is 1.40 bits per heavy atom. The van der Waals surface area contributed by atoms with Gasteiger partial charge in [0.1, 0.15) is 0 Å². The molecule has 1 rings (SSSR count). The van der Waals surface area contributed by atoms with Crippen molar-refractivity contribution in [1.29, 1.82) is 0 Å². The number of nitrogens with zero attached hydrogens (tertiary/aromatic N) is 1. The van der Waals surface area contributed by atoms with Crippen molar-refractivity contribution < 1.29 is 13.9 Å². The molecule has 2 nitrogen and oxygen atoms in total. The van der Waals surface area contributed by atoms with E-state index in [0.717, 1.165) is 16.8 Å². The van der Waals surface area contributed by atoms with Gasteiger partial charge in [0.2, 0.25) is 0 Å². The Kier molecular flexibility index (Phi) is 4.03.